The van der Waals surface area contributed by atoms with Gasteiger partial charge in [0.1, 0.15) is 22.8 Å². The summed E-state index contributed by atoms with van der Waals surface area (Å²) in [7, 11) is 0. The zero-order chi connectivity index (χ0) is 38.1. The van der Waals surface area contributed by atoms with Gasteiger partial charge in [0.15, 0.2) is 11.6 Å². The maximum Gasteiger partial charge on any atom is 0.341 e. The summed E-state index contributed by atoms with van der Waals surface area (Å²) in [6.45, 7) is 8.94. The van der Waals surface area contributed by atoms with E-state index in [0.29, 0.717) is 50.5 Å². The second-order valence-corrected chi connectivity index (χ2v) is 12.8. The number of piperazine rings is 2. The fourth-order valence-corrected chi connectivity index (χ4v) is 6.69. The summed E-state index contributed by atoms with van der Waals surface area (Å²) in [5.74, 6) is -6.15. The molecule has 0 bridgehead atoms. The van der Waals surface area contributed by atoms with Crippen LogP contribution >= 0.6 is 0 Å². The molecular weight excluding hydrogens is 700 g/mol. The Morgan fingerprint density at radius 1 is 0.736 bits per heavy atom. The molecule has 0 saturated carbocycles. The van der Waals surface area contributed by atoms with Gasteiger partial charge in [0.05, 0.1) is 22.4 Å². The number of carboxylic acid groups (broad SMARTS) is 2. The van der Waals surface area contributed by atoms with Crippen molar-refractivity contribution in [1.82, 2.24) is 19.8 Å². The van der Waals surface area contributed by atoms with E-state index in [2.05, 4.69) is 10.6 Å². The summed E-state index contributed by atoms with van der Waals surface area (Å²) in [5, 5.41) is 24.9. The standard InChI is InChI=1S/C21H18F3N3O3.C16H18FN3O3/c1-11-9-26(5-4-25-11)19-8-18-13(7-17(19)24)20(28)14(21(29)30)10-27(18)12-2-3-15(22)16(23)6-12;1-2-19-9-11(16(22)23)15(21)10-7-12(17)14(8-13(10)19)20-5-3-18-4-6-20/h2-3,6-8,10-11,25H,4-5,9H2,1H3,(H,29,30);7-9,18H,2-6H2,1H3,(H,22,23). The van der Waals surface area contributed by atoms with Crippen molar-refractivity contribution in [3.63, 3.8) is 0 Å². The van der Waals surface area contributed by atoms with Crippen LogP contribution in [-0.2, 0) is 6.54 Å². The monoisotopic (exact) mass is 736 g/mol. The van der Waals surface area contributed by atoms with E-state index in [1.807, 2.05) is 23.6 Å². The Balaban J connectivity index is 0.000000188. The van der Waals surface area contributed by atoms with Gasteiger partial charge < -0.3 is 39.8 Å². The molecule has 2 aliphatic heterocycles. The summed E-state index contributed by atoms with van der Waals surface area (Å²) >= 11 is 0. The maximum absolute atomic E-state index is 14.9. The highest BCUT2D eigenvalue weighted by atomic mass is 19.2. The fourth-order valence-electron chi connectivity index (χ4n) is 6.69. The normalized spacial score (nSPS) is 16.1. The van der Waals surface area contributed by atoms with Crippen molar-refractivity contribution in [3.05, 3.63) is 110 Å². The number of hydrogen-bond acceptors (Lipinski definition) is 8. The number of anilines is 2. The lowest BCUT2D eigenvalue weighted by Gasteiger charge is -2.34. The Hall–Kier alpha value is -5.74. The molecule has 278 valence electrons. The third-order valence-electron chi connectivity index (χ3n) is 9.37. The van der Waals surface area contributed by atoms with Gasteiger partial charge >= 0.3 is 11.9 Å². The van der Waals surface area contributed by atoms with E-state index in [1.165, 1.54) is 22.9 Å². The molecule has 1 atom stereocenters. The van der Waals surface area contributed by atoms with Crippen LogP contribution in [0.2, 0.25) is 0 Å². The number of rotatable bonds is 6. The molecule has 0 aliphatic carbocycles. The van der Waals surface area contributed by atoms with Gasteiger partial charge in [0.25, 0.3) is 0 Å². The molecule has 0 amide bonds. The van der Waals surface area contributed by atoms with Gasteiger partial charge in [-0.3, -0.25) is 9.59 Å². The van der Waals surface area contributed by atoms with Crippen LogP contribution in [0.25, 0.3) is 27.5 Å². The van der Waals surface area contributed by atoms with Crippen LogP contribution in [-0.4, -0.2) is 83.1 Å². The predicted octanol–water partition coefficient (Wildman–Crippen LogP) is 4.17. The number of aromatic carboxylic acids is 2. The Kier molecular flexibility index (Phi) is 10.5. The Bertz CT molecular complexity index is 2380. The second-order valence-electron chi connectivity index (χ2n) is 12.8. The Morgan fingerprint density at radius 2 is 1.30 bits per heavy atom. The highest BCUT2D eigenvalue weighted by molar-refractivity contribution is 5.95. The number of hydrogen-bond donors (Lipinski definition) is 4. The lowest BCUT2D eigenvalue weighted by atomic mass is 10.1. The quantitative estimate of drug-likeness (QED) is 0.187. The highest BCUT2D eigenvalue weighted by Gasteiger charge is 2.24. The molecule has 1 unspecified atom stereocenters. The summed E-state index contributed by atoms with van der Waals surface area (Å²) in [6, 6.07) is 8.42. The lowest BCUT2D eigenvalue weighted by Crippen LogP contribution is -2.49. The van der Waals surface area contributed by atoms with Crippen LogP contribution in [0.5, 0.6) is 0 Å². The largest absolute Gasteiger partial charge is 0.477 e. The van der Waals surface area contributed by atoms with Crippen molar-refractivity contribution >= 4 is 45.1 Å². The zero-order valence-electron chi connectivity index (χ0n) is 28.8. The third kappa shape index (κ3) is 7.32. The van der Waals surface area contributed by atoms with E-state index in [-0.39, 0.29) is 39.3 Å². The summed E-state index contributed by atoms with van der Waals surface area (Å²) in [4.78, 5) is 51.5. The number of pyridine rings is 2. The second kappa shape index (κ2) is 15.1. The topological polar surface area (TPSA) is 149 Å². The fraction of sp³-hybridized carbons (Fsp3) is 0.297. The minimum atomic E-state index is -1.50. The zero-order valence-corrected chi connectivity index (χ0v) is 28.8. The van der Waals surface area contributed by atoms with Crippen molar-refractivity contribution in [2.45, 2.75) is 26.4 Å². The highest BCUT2D eigenvalue weighted by Crippen LogP contribution is 2.29. The molecule has 0 spiro atoms. The molecule has 2 fully saturated rings. The molecule has 7 rings (SSSR count). The van der Waals surface area contributed by atoms with E-state index >= 15 is 0 Å². The molecule has 2 saturated heterocycles. The molecule has 4 heterocycles. The average Bonchev–Trinajstić information content (AvgIpc) is 3.13. The van der Waals surface area contributed by atoms with Crippen LogP contribution < -0.4 is 31.3 Å². The number of nitrogens with zero attached hydrogens (tertiary/aromatic N) is 4. The predicted molar refractivity (Wildman–Crippen MR) is 192 cm³/mol. The van der Waals surface area contributed by atoms with Gasteiger partial charge in [-0.05, 0) is 50.2 Å². The summed E-state index contributed by atoms with van der Waals surface area (Å²) in [6.07, 6.45) is 2.37. The van der Waals surface area contributed by atoms with Crippen LogP contribution in [0.4, 0.5) is 28.9 Å². The van der Waals surface area contributed by atoms with Gasteiger partial charge in [-0.1, -0.05) is 0 Å². The SMILES string of the molecule is CC1CN(c2cc3c(cc2F)c(=O)c(C(=O)O)cn3-c2ccc(F)c(F)c2)CCN1.CCn1cc(C(=O)O)c(=O)c2cc(F)c(N3CCNCC3)cc21. The van der Waals surface area contributed by atoms with E-state index in [9.17, 15) is 41.8 Å². The van der Waals surface area contributed by atoms with Crippen LogP contribution in [0.3, 0.4) is 0 Å². The molecule has 2 aromatic heterocycles. The maximum atomic E-state index is 14.9. The average molecular weight is 737 g/mol. The first-order chi connectivity index (χ1) is 25.3. The molecule has 2 aliphatic rings. The first-order valence-corrected chi connectivity index (χ1v) is 16.9. The van der Waals surface area contributed by atoms with Crippen molar-refractivity contribution in [2.75, 3.05) is 55.6 Å². The third-order valence-corrected chi connectivity index (χ3v) is 9.37. The number of benzene rings is 3. The van der Waals surface area contributed by atoms with Crippen molar-refractivity contribution in [2.24, 2.45) is 0 Å². The number of carboxylic acids is 2. The Labute approximate surface area is 299 Å². The van der Waals surface area contributed by atoms with Crippen LogP contribution in [0.1, 0.15) is 34.6 Å². The molecule has 0 radical (unpaired) electrons. The minimum Gasteiger partial charge on any atom is -0.477 e. The van der Waals surface area contributed by atoms with Crippen molar-refractivity contribution < 1.29 is 37.4 Å². The summed E-state index contributed by atoms with van der Waals surface area (Å²) < 4.78 is 59.6. The summed E-state index contributed by atoms with van der Waals surface area (Å²) in [5.41, 5.74) is -0.899. The smallest absolute Gasteiger partial charge is 0.341 e. The van der Waals surface area contributed by atoms with Gasteiger partial charge in [-0.15, -0.1) is 0 Å². The van der Waals surface area contributed by atoms with Gasteiger partial charge in [-0.2, -0.15) is 0 Å². The number of carbonyl (C=O) groups is 2. The first-order valence-electron chi connectivity index (χ1n) is 16.9. The van der Waals surface area contributed by atoms with Crippen LogP contribution in [0.15, 0.2) is 64.4 Å². The van der Waals surface area contributed by atoms with Gasteiger partial charge in [0.2, 0.25) is 10.9 Å². The van der Waals surface area contributed by atoms with Gasteiger partial charge in [-0.25, -0.2) is 27.2 Å². The minimum absolute atomic E-state index is 0.100. The van der Waals surface area contributed by atoms with E-state index in [0.717, 1.165) is 43.6 Å². The molecular formula is C37H36F4N6O6. The van der Waals surface area contributed by atoms with E-state index < -0.39 is 51.6 Å². The number of aromatic nitrogens is 2. The number of nitrogens with one attached hydrogen (secondary N) is 2. The van der Waals surface area contributed by atoms with E-state index in [1.54, 1.807) is 10.6 Å². The Morgan fingerprint density at radius 3 is 1.89 bits per heavy atom. The number of fused-ring (bicyclic) bond motifs is 2. The van der Waals surface area contributed by atoms with Gasteiger partial charge in [0, 0.05) is 93.3 Å². The number of halogens is 4. The molecule has 5 aromatic rings. The van der Waals surface area contributed by atoms with Crippen molar-refractivity contribution in [1.29, 1.82) is 0 Å². The lowest BCUT2D eigenvalue weighted by molar-refractivity contribution is 0.0684. The number of aryl methyl sites for hydroxylation is 1. The van der Waals surface area contributed by atoms with Crippen LogP contribution in [0, 0.1) is 23.3 Å². The molecule has 4 N–H and O–H groups in total. The molecule has 16 heteroatoms. The molecule has 3 aromatic carbocycles. The first kappa shape index (κ1) is 37.0. The molecule has 53 heavy (non-hydrogen) atoms. The van der Waals surface area contributed by atoms with Crippen molar-refractivity contribution in [3.8, 4) is 5.69 Å². The molecule has 12 nitrogen and oxygen atoms in total. The van der Waals surface area contributed by atoms with E-state index in [4.69, 9.17) is 5.11 Å².